The van der Waals surface area contributed by atoms with Gasteiger partial charge in [0.1, 0.15) is 6.10 Å². The second-order valence-corrected chi connectivity index (χ2v) is 4.19. The van der Waals surface area contributed by atoms with Crippen molar-refractivity contribution in [2.75, 3.05) is 13.2 Å². The second kappa shape index (κ2) is 10.9. The zero-order valence-corrected chi connectivity index (χ0v) is 11.0. The minimum Gasteiger partial charge on any atom is -0.460 e. The molecule has 1 unspecified atom stereocenters. The lowest BCUT2D eigenvalue weighted by Gasteiger charge is -2.13. The van der Waals surface area contributed by atoms with Gasteiger partial charge in [0.05, 0.1) is 6.61 Å². The molecule has 0 saturated heterocycles. The monoisotopic (exact) mass is 230 g/mol. The van der Waals surface area contributed by atoms with Crippen molar-refractivity contribution in [2.45, 2.75) is 65.4 Å². The summed E-state index contributed by atoms with van der Waals surface area (Å²) in [6.45, 7) is 7.34. The predicted molar refractivity (Wildman–Crippen MR) is 65.4 cm³/mol. The first-order valence-corrected chi connectivity index (χ1v) is 6.47. The highest BCUT2D eigenvalue weighted by Crippen LogP contribution is 2.05. The molecule has 0 aliphatic carbocycles. The third kappa shape index (κ3) is 9.97. The number of unbranched alkanes of at least 4 members (excludes halogenated alkanes) is 3. The molecule has 16 heavy (non-hydrogen) atoms. The van der Waals surface area contributed by atoms with E-state index in [1.54, 1.807) is 0 Å². The van der Waals surface area contributed by atoms with Crippen LogP contribution in [0.3, 0.4) is 0 Å². The topological polar surface area (TPSA) is 35.5 Å². The Balaban J connectivity index is 3.39. The molecule has 1 atom stereocenters. The Morgan fingerprint density at radius 1 is 1.12 bits per heavy atom. The van der Waals surface area contributed by atoms with Crippen LogP contribution in [0.25, 0.3) is 0 Å². The van der Waals surface area contributed by atoms with Crippen molar-refractivity contribution in [3.05, 3.63) is 0 Å². The maximum absolute atomic E-state index is 11.4. The quantitative estimate of drug-likeness (QED) is 0.426. The van der Waals surface area contributed by atoms with Crippen LogP contribution < -0.4 is 0 Å². The number of ether oxygens (including phenoxy) is 2. The summed E-state index contributed by atoms with van der Waals surface area (Å²) in [5.74, 6) is -0.0938. The second-order valence-electron chi connectivity index (χ2n) is 4.19. The Bertz CT molecular complexity index is 169. The number of carbonyl (C=O) groups is 1. The largest absolute Gasteiger partial charge is 0.460 e. The fourth-order valence-electron chi connectivity index (χ4n) is 1.41. The van der Waals surface area contributed by atoms with E-state index in [0.717, 1.165) is 25.9 Å². The number of hydrogen-bond acceptors (Lipinski definition) is 3. The fraction of sp³-hybridized carbons (Fsp3) is 0.923. The zero-order chi connectivity index (χ0) is 12.2. The highest BCUT2D eigenvalue weighted by molar-refractivity contribution is 5.69. The lowest BCUT2D eigenvalue weighted by Crippen LogP contribution is -2.20. The molecule has 3 heteroatoms. The van der Waals surface area contributed by atoms with Crippen molar-refractivity contribution in [3.8, 4) is 0 Å². The van der Waals surface area contributed by atoms with Gasteiger partial charge in [-0.2, -0.15) is 0 Å². The molecule has 0 rings (SSSR count). The number of carbonyl (C=O) groups excluding carboxylic acids is 1. The third-order valence-electron chi connectivity index (χ3n) is 2.27. The molecule has 0 aliphatic heterocycles. The van der Waals surface area contributed by atoms with E-state index in [-0.39, 0.29) is 12.1 Å². The fourth-order valence-corrected chi connectivity index (χ4v) is 1.41. The van der Waals surface area contributed by atoms with E-state index in [4.69, 9.17) is 9.47 Å². The summed E-state index contributed by atoms with van der Waals surface area (Å²) >= 11 is 0. The summed E-state index contributed by atoms with van der Waals surface area (Å²) in [5, 5.41) is 0. The molecule has 3 nitrogen and oxygen atoms in total. The molecule has 0 bridgehead atoms. The van der Waals surface area contributed by atoms with E-state index in [1.807, 2.05) is 6.92 Å². The van der Waals surface area contributed by atoms with Gasteiger partial charge in [-0.05, 0) is 19.8 Å². The van der Waals surface area contributed by atoms with Crippen molar-refractivity contribution in [3.63, 3.8) is 0 Å². The lowest BCUT2D eigenvalue weighted by atomic mass is 10.1. The van der Waals surface area contributed by atoms with Crippen LogP contribution in [0.5, 0.6) is 0 Å². The Hall–Kier alpha value is -0.570. The average Bonchev–Trinajstić information content (AvgIpc) is 2.25. The molecule has 0 heterocycles. The first-order chi connectivity index (χ1) is 7.70. The molecule has 0 aromatic rings. The van der Waals surface area contributed by atoms with Gasteiger partial charge in [-0.1, -0.05) is 33.1 Å². The Labute approximate surface area is 99.5 Å². The average molecular weight is 230 g/mol. The Morgan fingerprint density at radius 3 is 2.50 bits per heavy atom. The highest BCUT2D eigenvalue weighted by atomic mass is 16.6. The molecule has 0 aliphatic rings. The zero-order valence-electron chi connectivity index (χ0n) is 11.0. The van der Waals surface area contributed by atoms with Crippen LogP contribution >= 0.6 is 0 Å². The molecule has 0 aromatic heterocycles. The van der Waals surface area contributed by atoms with E-state index >= 15 is 0 Å². The minimum atomic E-state index is -0.120. The van der Waals surface area contributed by atoms with Crippen molar-refractivity contribution in [1.82, 2.24) is 0 Å². The van der Waals surface area contributed by atoms with Gasteiger partial charge in [0, 0.05) is 13.0 Å². The van der Waals surface area contributed by atoms with Gasteiger partial charge >= 0.3 is 5.97 Å². The molecule has 0 N–H and O–H groups in total. The van der Waals surface area contributed by atoms with Gasteiger partial charge in [0.25, 0.3) is 0 Å². The van der Waals surface area contributed by atoms with Gasteiger partial charge < -0.3 is 9.47 Å². The molecular weight excluding hydrogens is 204 g/mol. The van der Waals surface area contributed by atoms with E-state index in [0.29, 0.717) is 13.0 Å². The van der Waals surface area contributed by atoms with Gasteiger partial charge in [0.2, 0.25) is 0 Å². The van der Waals surface area contributed by atoms with Crippen LogP contribution in [-0.4, -0.2) is 25.3 Å². The van der Waals surface area contributed by atoms with Crippen molar-refractivity contribution >= 4 is 5.97 Å². The maximum atomic E-state index is 11.4. The van der Waals surface area contributed by atoms with E-state index in [2.05, 4.69) is 13.8 Å². The summed E-state index contributed by atoms with van der Waals surface area (Å²) in [4.78, 5) is 11.4. The molecular formula is C13H26O3. The molecule has 0 amide bonds. The minimum absolute atomic E-state index is 0.0938. The summed E-state index contributed by atoms with van der Waals surface area (Å²) in [6.07, 6.45) is 5.86. The maximum Gasteiger partial charge on any atom is 0.306 e. The summed E-state index contributed by atoms with van der Waals surface area (Å²) in [5.41, 5.74) is 0. The van der Waals surface area contributed by atoms with E-state index < -0.39 is 0 Å². The molecule has 0 aromatic carbocycles. The summed E-state index contributed by atoms with van der Waals surface area (Å²) < 4.78 is 10.5. The highest BCUT2D eigenvalue weighted by Gasteiger charge is 2.08. The van der Waals surface area contributed by atoms with Crippen molar-refractivity contribution in [1.29, 1.82) is 0 Å². The number of rotatable bonds is 10. The van der Waals surface area contributed by atoms with Crippen molar-refractivity contribution < 1.29 is 14.3 Å². The predicted octanol–water partition coefficient (Wildman–Crippen LogP) is 3.32. The summed E-state index contributed by atoms with van der Waals surface area (Å²) in [6, 6.07) is 0. The molecule has 0 radical (unpaired) electrons. The van der Waals surface area contributed by atoms with Crippen LogP contribution in [0.15, 0.2) is 0 Å². The Kier molecular flexibility index (Phi) is 10.5. The number of hydrogen-bond donors (Lipinski definition) is 0. The molecule has 96 valence electrons. The first-order valence-electron chi connectivity index (χ1n) is 6.47. The van der Waals surface area contributed by atoms with Crippen LogP contribution in [0.1, 0.15) is 59.3 Å². The number of esters is 1. The normalized spacial score (nSPS) is 12.4. The lowest BCUT2D eigenvalue weighted by molar-refractivity contribution is -0.151. The van der Waals surface area contributed by atoms with Gasteiger partial charge in [-0.15, -0.1) is 0 Å². The van der Waals surface area contributed by atoms with Crippen LogP contribution in [-0.2, 0) is 14.3 Å². The smallest absolute Gasteiger partial charge is 0.306 e. The molecule has 0 saturated carbocycles. The van der Waals surface area contributed by atoms with E-state index in [9.17, 15) is 4.79 Å². The van der Waals surface area contributed by atoms with Gasteiger partial charge in [0.15, 0.2) is 0 Å². The van der Waals surface area contributed by atoms with Crippen LogP contribution in [0.2, 0.25) is 0 Å². The molecule has 0 fully saturated rings. The molecule has 0 spiro atoms. The van der Waals surface area contributed by atoms with Gasteiger partial charge in [-0.25, -0.2) is 0 Å². The standard InChI is InChI=1S/C13H26O3/c1-4-6-7-8-9-13(14)16-12(3)11-15-10-5-2/h12H,4-11H2,1-3H3. The van der Waals surface area contributed by atoms with E-state index in [1.165, 1.54) is 12.8 Å². The van der Waals surface area contributed by atoms with Crippen LogP contribution in [0.4, 0.5) is 0 Å². The van der Waals surface area contributed by atoms with Crippen LogP contribution in [0, 0.1) is 0 Å². The van der Waals surface area contributed by atoms with Crippen molar-refractivity contribution in [2.24, 2.45) is 0 Å². The Morgan fingerprint density at radius 2 is 1.88 bits per heavy atom. The third-order valence-corrected chi connectivity index (χ3v) is 2.27. The summed E-state index contributed by atoms with van der Waals surface area (Å²) in [7, 11) is 0. The SMILES string of the molecule is CCCCCCC(=O)OC(C)COCCC. The van der Waals surface area contributed by atoms with Gasteiger partial charge in [-0.3, -0.25) is 4.79 Å². The first kappa shape index (κ1) is 15.4.